The van der Waals surface area contributed by atoms with Crippen LogP contribution < -0.4 is 16.5 Å². The van der Waals surface area contributed by atoms with E-state index in [1.807, 2.05) is 0 Å². The third kappa shape index (κ3) is 2.65. The molecule has 1 aromatic carbocycles. The van der Waals surface area contributed by atoms with Crippen molar-refractivity contribution in [3.8, 4) is 0 Å². The summed E-state index contributed by atoms with van der Waals surface area (Å²) < 4.78 is 2.87. The summed E-state index contributed by atoms with van der Waals surface area (Å²) in [6.07, 6.45) is 0. The Morgan fingerprint density at radius 3 is 2.40 bits per heavy atom. The molecule has 0 saturated carbocycles. The molecule has 0 fully saturated rings. The summed E-state index contributed by atoms with van der Waals surface area (Å²) in [7, 11) is 3.26. The van der Waals surface area contributed by atoms with Crippen LogP contribution in [0.3, 0.4) is 0 Å². The van der Waals surface area contributed by atoms with Crippen molar-refractivity contribution in [2.45, 2.75) is 6.92 Å². The van der Waals surface area contributed by atoms with Gasteiger partial charge in [0.25, 0.3) is 11.8 Å². The number of amides is 2. The summed E-state index contributed by atoms with van der Waals surface area (Å²) in [4.78, 5) is 36.7. The highest BCUT2D eigenvalue weighted by atomic mass is 16.2. The Kier molecular flexibility index (Phi) is 3.84. The number of carbonyl (C=O) groups is 2. The van der Waals surface area contributed by atoms with E-state index in [1.54, 1.807) is 45.3 Å². The first-order valence-corrected chi connectivity index (χ1v) is 7.42. The Morgan fingerprint density at radius 1 is 1.08 bits per heavy atom. The number of aryl methyl sites for hydroxylation is 2. The third-order valence-corrected chi connectivity index (χ3v) is 3.98. The smallest absolute Gasteiger partial charge is 0.280 e. The Labute approximate surface area is 142 Å². The molecule has 0 unspecified atom stereocenters. The van der Waals surface area contributed by atoms with E-state index in [9.17, 15) is 14.4 Å². The number of fused-ring (bicyclic) bond motifs is 1. The SMILES string of the molecule is Cc1c(NC(=O)c2nn(C)c3ccccc3c2=O)c(C(N)=O)nn1C. The average molecular weight is 340 g/mol. The molecule has 0 spiro atoms. The molecule has 3 rings (SSSR count). The molecule has 2 heterocycles. The van der Waals surface area contributed by atoms with E-state index in [0.29, 0.717) is 16.6 Å². The average Bonchev–Trinajstić information content (AvgIpc) is 2.86. The fourth-order valence-electron chi connectivity index (χ4n) is 2.58. The van der Waals surface area contributed by atoms with Crippen molar-refractivity contribution >= 4 is 28.4 Å². The zero-order valence-electron chi connectivity index (χ0n) is 13.9. The van der Waals surface area contributed by atoms with E-state index in [1.165, 1.54) is 9.36 Å². The van der Waals surface area contributed by atoms with Crippen LogP contribution in [0.1, 0.15) is 26.7 Å². The lowest BCUT2D eigenvalue weighted by atomic mass is 10.2. The van der Waals surface area contributed by atoms with Crippen LogP contribution in [0.4, 0.5) is 5.69 Å². The van der Waals surface area contributed by atoms with E-state index >= 15 is 0 Å². The molecular formula is C16H16N6O3. The second-order valence-electron chi connectivity index (χ2n) is 5.57. The van der Waals surface area contributed by atoms with Crippen LogP contribution in [0.2, 0.25) is 0 Å². The molecule has 0 aliphatic carbocycles. The van der Waals surface area contributed by atoms with Gasteiger partial charge in [0.05, 0.1) is 16.9 Å². The van der Waals surface area contributed by atoms with Crippen LogP contribution in [0.15, 0.2) is 29.1 Å². The van der Waals surface area contributed by atoms with E-state index < -0.39 is 17.2 Å². The summed E-state index contributed by atoms with van der Waals surface area (Å²) in [6, 6.07) is 6.85. The highest BCUT2D eigenvalue weighted by molar-refractivity contribution is 6.08. The Morgan fingerprint density at radius 2 is 1.72 bits per heavy atom. The van der Waals surface area contributed by atoms with Gasteiger partial charge in [-0.25, -0.2) is 0 Å². The van der Waals surface area contributed by atoms with Gasteiger partial charge in [-0.15, -0.1) is 0 Å². The monoisotopic (exact) mass is 340 g/mol. The number of benzene rings is 1. The topological polar surface area (TPSA) is 125 Å². The van der Waals surface area contributed by atoms with Gasteiger partial charge in [-0.2, -0.15) is 10.2 Å². The van der Waals surface area contributed by atoms with Crippen molar-refractivity contribution in [2.75, 3.05) is 5.32 Å². The van der Waals surface area contributed by atoms with Gasteiger partial charge in [0.2, 0.25) is 5.43 Å². The Bertz CT molecular complexity index is 1080. The second kappa shape index (κ2) is 5.86. The number of hydrogen-bond acceptors (Lipinski definition) is 5. The molecule has 0 saturated heterocycles. The fourth-order valence-corrected chi connectivity index (χ4v) is 2.58. The molecule has 3 aromatic rings. The molecule has 25 heavy (non-hydrogen) atoms. The highest BCUT2D eigenvalue weighted by Crippen LogP contribution is 2.19. The molecule has 0 bridgehead atoms. The van der Waals surface area contributed by atoms with Crippen LogP contribution in [0, 0.1) is 6.92 Å². The number of carbonyl (C=O) groups excluding carboxylic acids is 2. The van der Waals surface area contributed by atoms with Gasteiger partial charge in [-0.3, -0.25) is 23.7 Å². The van der Waals surface area contributed by atoms with Crippen LogP contribution in [0.5, 0.6) is 0 Å². The zero-order valence-corrected chi connectivity index (χ0v) is 13.9. The molecule has 2 amide bonds. The van der Waals surface area contributed by atoms with Crippen LogP contribution >= 0.6 is 0 Å². The molecule has 128 valence electrons. The van der Waals surface area contributed by atoms with E-state index in [0.717, 1.165) is 0 Å². The number of para-hydroxylation sites is 1. The van der Waals surface area contributed by atoms with Crippen molar-refractivity contribution < 1.29 is 9.59 Å². The number of nitrogens with one attached hydrogen (secondary N) is 1. The van der Waals surface area contributed by atoms with Crippen molar-refractivity contribution in [3.05, 3.63) is 51.6 Å². The predicted octanol–water partition coefficient (Wildman–Crippen LogP) is 0.327. The third-order valence-electron chi connectivity index (χ3n) is 3.98. The second-order valence-corrected chi connectivity index (χ2v) is 5.57. The maximum absolute atomic E-state index is 12.6. The number of nitrogens with two attached hydrogens (primary N) is 1. The Hall–Kier alpha value is -3.49. The van der Waals surface area contributed by atoms with Gasteiger partial charge in [0, 0.05) is 19.5 Å². The molecule has 2 aromatic heterocycles. The van der Waals surface area contributed by atoms with Crippen molar-refractivity contribution in [1.82, 2.24) is 19.6 Å². The molecule has 0 aliphatic heterocycles. The van der Waals surface area contributed by atoms with E-state index in [4.69, 9.17) is 5.73 Å². The highest BCUT2D eigenvalue weighted by Gasteiger charge is 2.23. The zero-order chi connectivity index (χ0) is 18.3. The number of primary amides is 1. The molecule has 0 aliphatic rings. The maximum atomic E-state index is 12.6. The first kappa shape index (κ1) is 16.4. The molecule has 0 radical (unpaired) electrons. The number of aromatic nitrogens is 4. The largest absolute Gasteiger partial charge is 0.364 e. The standard InChI is InChI=1S/C16H16N6O3/c1-8-11(12(15(17)24)19-21(8)2)18-16(25)13-14(23)9-6-4-5-7-10(9)22(3)20-13/h4-7H,1-3H3,(H2,17,24)(H,18,25). The fraction of sp³-hybridized carbons (Fsp3) is 0.188. The Balaban J connectivity index is 2.09. The van der Waals surface area contributed by atoms with Gasteiger partial charge in [-0.1, -0.05) is 12.1 Å². The maximum Gasteiger partial charge on any atom is 0.280 e. The van der Waals surface area contributed by atoms with Crippen LogP contribution in [-0.4, -0.2) is 31.4 Å². The minimum atomic E-state index is -0.779. The van der Waals surface area contributed by atoms with Gasteiger partial charge in [0.15, 0.2) is 11.4 Å². The molecular weight excluding hydrogens is 324 g/mol. The molecule has 0 atom stereocenters. The first-order valence-electron chi connectivity index (χ1n) is 7.42. The first-order chi connectivity index (χ1) is 11.8. The summed E-state index contributed by atoms with van der Waals surface area (Å²) in [5.74, 6) is -1.51. The lowest BCUT2D eigenvalue weighted by molar-refractivity contribution is 0.0995. The lowest BCUT2D eigenvalue weighted by Crippen LogP contribution is -2.27. The number of rotatable bonds is 3. The van der Waals surface area contributed by atoms with Crippen molar-refractivity contribution in [3.63, 3.8) is 0 Å². The van der Waals surface area contributed by atoms with Crippen LogP contribution in [-0.2, 0) is 14.1 Å². The van der Waals surface area contributed by atoms with Crippen LogP contribution in [0.25, 0.3) is 10.9 Å². The molecule has 3 N–H and O–H groups in total. The molecule has 9 nitrogen and oxygen atoms in total. The minimum Gasteiger partial charge on any atom is -0.364 e. The van der Waals surface area contributed by atoms with Gasteiger partial charge >= 0.3 is 0 Å². The number of nitrogens with zero attached hydrogens (tertiary/aromatic N) is 4. The van der Waals surface area contributed by atoms with E-state index in [2.05, 4.69) is 15.5 Å². The quantitative estimate of drug-likeness (QED) is 0.710. The minimum absolute atomic E-state index is 0.0778. The number of anilines is 1. The predicted molar refractivity (Wildman–Crippen MR) is 91.4 cm³/mol. The number of hydrogen-bond donors (Lipinski definition) is 2. The summed E-state index contributed by atoms with van der Waals surface area (Å²) >= 11 is 0. The van der Waals surface area contributed by atoms with Crippen molar-refractivity contribution in [2.24, 2.45) is 19.8 Å². The summed E-state index contributed by atoms with van der Waals surface area (Å²) in [5, 5.41) is 10.9. The summed E-state index contributed by atoms with van der Waals surface area (Å²) in [5.41, 5.74) is 5.75. The van der Waals surface area contributed by atoms with Crippen molar-refractivity contribution in [1.29, 1.82) is 0 Å². The lowest BCUT2D eigenvalue weighted by Gasteiger charge is -2.08. The van der Waals surface area contributed by atoms with Gasteiger partial charge in [0.1, 0.15) is 0 Å². The normalized spacial score (nSPS) is 10.8. The molecule has 9 heteroatoms. The van der Waals surface area contributed by atoms with E-state index in [-0.39, 0.29) is 17.1 Å². The summed E-state index contributed by atoms with van der Waals surface area (Å²) in [6.45, 7) is 1.67. The van der Waals surface area contributed by atoms with Gasteiger partial charge < -0.3 is 11.1 Å². The van der Waals surface area contributed by atoms with Gasteiger partial charge in [-0.05, 0) is 19.1 Å².